The monoisotopic (exact) mass is 295 g/mol. The zero-order chi connectivity index (χ0) is 15.0. The number of benzene rings is 1. The van der Waals surface area contributed by atoms with Crippen LogP contribution in [0.2, 0.25) is 0 Å². The molecule has 3 rings (SSSR count). The molecule has 0 bridgehead atoms. The quantitative estimate of drug-likeness (QED) is 0.685. The number of pyridine rings is 1. The molecule has 3 aromatic rings. The van der Waals surface area contributed by atoms with Gasteiger partial charge in [-0.2, -0.15) is 13.2 Å². The van der Waals surface area contributed by atoms with Crippen LogP contribution in [0.3, 0.4) is 0 Å². The van der Waals surface area contributed by atoms with E-state index in [1.807, 2.05) is 0 Å². The van der Waals surface area contributed by atoms with Crippen LogP contribution in [0.5, 0.6) is 0 Å². The second-order valence-electron chi connectivity index (χ2n) is 4.45. The molecule has 0 aliphatic rings. The first-order valence-corrected chi connectivity index (χ1v) is 6.00. The smallest absolute Gasteiger partial charge is 0.354 e. The number of rotatable bonds is 2. The average molecular weight is 295 g/mol. The van der Waals surface area contributed by atoms with Crippen molar-refractivity contribution in [2.75, 3.05) is 5.32 Å². The van der Waals surface area contributed by atoms with Crippen LogP contribution < -0.4 is 5.32 Å². The molecule has 2 heterocycles. The predicted molar refractivity (Wildman–Crippen MR) is 70.8 cm³/mol. The largest absolute Gasteiger partial charge is 0.416 e. The van der Waals surface area contributed by atoms with E-state index in [2.05, 4.69) is 15.3 Å². The highest BCUT2D eigenvalue weighted by Gasteiger charge is 2.29. The Kier molecular flexibility index (Phi) is 3.04. The second kappa shape index (κ2) is 4.76. The number of aromatic amines is 1. The van der Waals surface area contributed by atoms with Gasteiger partial charge >= 0.3 is 6.18 Å². The van der Waals surface area contributed by atoms with Gasteiger partial charge in [-0.25, -0.2) is 9.37 Å². The summed E-state index contributed by atoms with van der Waals surface area (Å²) >= 11 is 0. The minimum atomic E-state index is -4.37. The number of fused-ring (bicyclic) bond motifs is 1. The average Bonchev–Trinajstić information content (AvgIpc) is 2.81. The Morgan fingerprint density at radius 3 is 2.48 bits per heavy atom. The number of hydrogen-bond acceptors (Lipinski definition) is 2. The van der Waals surface area contributed by atoms with Crippen LogP contribution in [-0.2, 0) is 6.18 Å². The molecular formula is C14H9F4N3. The number of nitrogens with zero attached hydrogens (tertiary/aromatic N) is 1. The third-order valence-corrected chi connectivity index (χ3v) is 2.99. The van der Waals surface area contributed by atoms with E-state index in [4.69, 9.17) is 0 Å². The van der Waals surface area contributed by atoms with Crippen LogP contribution in [0.25, 0.3) is 11.0 Å². The van der Waals surface area contributed by atoms with Gasteiger partial charge in [0.1, 0.15) is 11.5 Å². The van der Waals surface area contributed by atoms with E-state index in [0.717, 1.165) is 18.3 Å². The van der Waals surface area contributed by atoms with Crippen molar-refractivity contribution in [3.63, 3.8) is 0 Å². The molecule has 0 saturated carbocycles. The summed E-state index contributed by atoms with van der Waals surface area (Å²) in [5.41, 5.74) is 0.774. The molecule has 0 saturated heterocycles. The molecule has 2 N–H and O–H groups in total. The molecule has 0 fully saturated rings. The van der Waals surface area contributed by atoms with Gasteiger partial charge in [0.05, 0.1) is 17.4 Å². The number of H-pyrrole nitrogens is 1. The van der Waals surface area contributed by atoms with E-state index in [9.17, 15) is 17.6 Å². The van der Waals surface area contributed by atoms with E-state index in [1.165, 1.54) is 18.2 Å². The van der Waals surface area contributed by atoms with Crippen LogP contribution in [0, 0.1) is 5.82 Å². The molecule has 0 atom stereocenters. The van der Waals surface area contributed by atoms with Gasteiger partial charge in [0.15, 0.2) is 0 Å². The summed E-state index contributed by atoms with van der Waals surface area (Å²) in [6.45, 7) is 0. The van der Waals surface area contributed by atoms with Crippen molar-refractivity contribution < 1.29 is 17.6 Å². The van der Waals surface area contributed by atoms with Gasteiger partial charge in [0.25, 0.3) is 0 Å². The zero-order valence-electron chi connectivity index (χ0n) is 10.5. The molecule has 0 aliphatic heterocycles. The van der Waals surface area contributed by atoms with Crippen LogP contribution >= 0.6 is 0 Å². The van der Waals surface area contributed by atoms with Gasteiger partial charge in [0.2, 0.25) is 0 Å². The van der Waals surface area contributed by atoms with E-state index < -0.39 is 17.6 Å². The molecule has 0 amide bonds. The highest BCUT2D eigenvalue weighted by molar-refractivity contribution is 5.91. The molecule has 0 aliphatic carbocycles. The van der Waals surface area contributed by atoms with E-state index in [0.29, 0.717) is 22.4 Å². The first-order chi connectivity index (χ1) is 9.93. The fourth-order valence-corrected chi connectivity index (χ4v) is 1.98. The van der Waals surface area contributed by atoms with Crippen molar-refractivity contribution in [2.45, 2.75) is 6.18 Å². The molecule has 7 heteroatoms. The van der Waals surface area contributed by atoms with Gasteiger partial charge in [-0.3, -0.25) is 0 Å². The summed E-state index contributed by atoms with van der Waals surface area (Å²) < 4.78 is 50.6. The van der Waals surface area contributed by atoms with Gasteiger partial charge < -0.3 is 10.3 Å². The Labute approximate surface area is 116 Å². The third kappa shape index (κ3) is 2.67. The fraction of sp³-hybridized carbons (Fsp3) is 0.0714. The maximum atomic E-state index is 13.2. The molecule has 21 heavy (non-hydrogen) atoms. The number of nitrogens with one attached hydrogen (secondary N) is 2. The van der Waals surface area contributed by atoms with E-state index in [1.54, 1.807) is 6.20 Å². The summed E-state index contributed by atoms with van der Waals surface area (Å²) in [6.07, 6.45) is -1.71. The van der Waals surface area contributed by atoms with Gasteiger partial charge in [0, 0.05) is 17.3 Å². The Bertz CT molecular complexity index is 775. The first kappa shape index (κ1) is 13.4. The molecule has 108 valence electrons. The second-order valence-corrected chi connectivity index (χ2v) is 4.45. The van der Waals surface area contributed by atoms with Crippen molar-refractivity contribution in [1.29, 1.82) is 0 Å². The minimum absolute atomic E-state index is 0.466. The molecule has 3 nitrogen and oxygen atoms in total. The van der Waals surface area contributed by atoms with Crippen LogP contribution in [0.1, 0.15) is 5.56 Å². The number of anilines is 2. The SMILES string of the molecule is Fc1cnc2[nH]cc(Nc3ccc(C(F)(F)F)cc3)c2c1. The summed E-state index contributed by atoms with van der Waals surface area (Å²) in [5, 5.41) is 3.45. The Morgan fingerprint density at radius 2 is 1.81 bits per heavy atom. The third-order valence-electron chi connectivity index (χ3n) is 2.99. The van der Waals surface area contributed by atoms with Crippen LogP contribution in [-0.4, -0.2) is 9.97 Å². The highest BCUT2D eigenvalue weighted by atomic mass is 19.4. The topological polar surface area (TPSA) is 40.7 Å². The van der Waals surface area contributed by atoms with Crippen molar-refractivity contribution in [2.24, 2.45) is 0 Å². The van der Waals surface area contributed by atoms with Crippen LogP contribution in [0.15, 0.2) is 42.7 Å². The summed E-state index contributed by atoms with van der Waals surface area (Å²) in [4.78, 5) is 6.72. The zero-order valence-corrected chi connectivity index (χ0v) is 10.5. The van der Waals surface area contributed by atoms with Gasteiger partial charge in [-0.05, 0) is 30.3 Å². The number of alkyl halides is 3. The highest BCUT2D eigenvalue weighted by Crippen LogP contribution is 2.31. The van der Waals surface area contributed by atoms with Crippen molar-refractivity contribution in [3.05, 3.63) is 54.1 Å². The number of aromatic nitrogens is 2. The summed E-state index contributed by atoms with van der Waals surface area (Å²) in [5.74, 6) is -0.488. The lowest BCUT2D eigenvalue weighted by Crippen LogP contribution is -2.04. The Balaban J connectivity index is 1.90. The van der Waals surface area contributed by atoms with Crippen molar-refractivity contribution in [3.8, 4) is 0 Å². The van der Waals surface area contributed by atoms with Gasteiger partial charge in [-0.15, -0.1) is 0 Å². The molecule has 0 spiro atoms. The lowest BCUT2D eigenvalue weighted by atomic mass is 10.2. The molecular weight excluding hydrogens is 286 g/mol. The van der Waals surface area contributed by atoms with E-state index in [-0.39, 0.29) is 0 Å². The number of halogens is 4. The Hall–Kier alpha value is -2.57. The molecule has 2 aromatic heterocycles. The molecule has 1 aromatic carbocycles. The van der Waals surface area contributed by atoms with Crippen LogP contribution in [0.4, 0.5) is 28.9 Å². The van der Waals surface area contributed by atoms with Crippen molar-refractivity contribution in [1.82, 2.24) is 9.97 Å². The van der Waals surface area contributed by atoms with E-state index >= 15 is 0 Å². The lowest BCUT2D eigenvalue weighted by molar-refractivity contribution is -0.137. The normalized spacial score (nSPS) is 11.8. The summed E-state index contributed by atoms with van der Waals surface area (Å²) in [6, 6.07) is 5.89. The maximum absolute atomic E-state index is 13.2. The Morgan fingerprint density at radius 1 is 1.10 bits per heavy atom. The lowest BCUT2D eigenvalue weighted by Gasteiger charge is -2.09. The maximum Gasteiger partial charge on any atom is 0.416 e. The predicted octanol–water partition coefficient (Wildman–Crippen LogP) is 4.46. The molecule has 0 unspecified atom stereocenters. The number of hydrogen-bond donors (Lipinski definition) is 2. The standard InChI is InChI=1S/C14H9F4N3/c15-9-5-11-12(7-20-13(11)19-6-9)21-10-3-1-8(2-4-10)14(16,17)18/h1-7,21H,(H,19,20). The van der Waals surface area contributed by atoms with Gasteiger partial charge in [-0.1, -0.05) is 0 Å². The molecule has 0 radical (unpaired) electrons. The van der Waals surface area contributed by atoms with Crippen molar-refractivity contribution >= 4 is 22.4 Å². The fourth-order valence-electron chi connectivity index (χ4n) is 1.98. The minimum Gasteiger partial charge on any atom is -0.354 e. The first-order valence-electron chi connectivity index (χ1n) is 6.00. The summed E-state index contributed by atoms with van der Waals surface area (Å²) in [7, 11) is 0.